The van der Waals surface area contributed by atoms with E-state index in [0.29, 0.717) is 5.92 Å². The smallest absolute Gasteiger partial charge is 1.00 e. The van der Waals surface area contributed by atoms with Crippen molar-refractivity contribution in [3.05, 3.63) is 143 Å². The largest absolute Gasteiger partial charge is 1.00 e. The van der Waals surface area contributed by atoms with Crippen molar-refractivity contribution in [1.82, 2.24) is 0 Å². The van der Waals surface area contributed by atoms with Crippen LogP contribution in [0.5, 0.6) is 0 Å². The minimum Gasteiger partial charge on any atom is -1.00 e. The standard InChI is InChI=1S/C21H25.C13H13.C8H8.2ClH.Zr/c1-20(2,3)16-9-7-14-11-15-8-10-17(21(4,5)6)13-19(15)18(14)12-16;1-10-8-11(2)13(9-10)12-6-4-3-5-7-12;1-2-8-6-4-3-5-7-8;;;/h7-13H,1-6H3;3-7,9-10H,1-2H3;3-7H,1H3;2*1H;/q2*-1;;;;+2/p-2. The van der Waals surface area contributed by atoms with Gasteiger partial charge in [0, 0.05) is 0 Å². The molecule has 0 aromatic heterocycles. The van der Waals surface area contributed by atoms with Crippen LogP contribution >= 0.6 is 0 Å². The van der Waals surface area contributed by atoms with Crippen molar-refractivity contribution in [1.29, 1.82) is 0 Å². The molecule has 0 heterocycles. The van der Waals surface area contributed by atoms with Crippen molar-refractivity contribution in [2.45, 2.75) is 73.1 Å². The van der Waals surface area contributed by atoms with Crippen LogP contribution in [0.25, 0.3) is 27.1 Å². The van der Waals surface area contributed by atoms with E-state index in [1.807, 2.05) is 12.1 Å². The number of fused-ring (bicyclic) bond motifs is 3. The van der Waals surface area contributed by atoms with Crippen molar-refractivity contribution in [2.75, 3.05) is 0 Å². The van der Waals surface area contributed by atoms with Gasteiger partial charge in [-0.25, -0.2) is 5.57 Å². The second kappa shape index (κ2) is 16.4. The Labute approximate surface area is 299 Å². The van der Waals surface area contributed by atoms with Crippen LogP contribution in [-0.4, -0.2) is 3.21 Å². The summed E-state index contributed by atoms with van der Waals surface area (Å²) < 4.78 is 1.46. The molecule has 0 saturated carbocycles. The fourth-order valence-electron chi connectivity index (χ4n) is 5.39. The first kappa shape index (κ1) is 38.7. The molecule has 0 nitrogen and oxygen atoms in total. The van der Waals surface area contributed by atoms with Crippen molar-refractivity contribution < 1.29 is 49.0 Å². The minimum absolute atomic E-state index is 0. The zero-order valence-electron chi connectivity index (χ0n) is 28.2. The van der Waals surface area contributed by atoms with E-state index in [2.05, 4.69) is 165 Å². The summed E-state index contributed by atoms with van der Waals surface area (Å²) in [6.45, 7) is 20.1. The molecule has 0 N–H and O–H groups in total. The Bertz CT molecular complexity index is 1690. The number of halogens is 2. The average molecular weight is 713 g/mol. The third kappa shape index (κ3) is 10.3. The number of allylic oxidation sites excluding steroid dienone is 4. The summed E-state index contributed by atoms with van der Waals surface area (Å²) in [6.07, 6.45) is 5.66. The summed E-state index contributed by atoms with van der Waals surface area (Å²) in [5.41, 5.74) is 8.49. The Hall–Kier alpha value is -2.44. The maximum atomic E-state index is 3.39. The van der Waals surface area contributed by atoms with Crippen LogP contribution in [0.3, 0.4) is 0 Å². The third-order valence-corrected chi connectivity index (χ3v) is 8.71. The third-order valence-electron chi connectivity index (χ3n) is 8.00. The molecule has 1 unspecified atom stereocenters. The molecule has 1 aliphatic rings. The molecule has 1 atom stereocenters. The van der Waals surface area contributed by atoms with Gasteiger partial charge in [-0.2, -0.15) is 11.6 Å². The topological polar surface area (TPSA) is 0 Å². The molecule has 0 bridgehead atoms. The van der Waals surface area contributed by atoms with Crippen LogP contribution < -0.4 is 24.8 Å². The molecule has 0 saturated heterocycles. The summed E-state index contributed by atoms with van der Waals surface area (Å²) in [6, 6.07) is 37.1. The van der Waals surface area contributed by atoms with Gasteiger partial charge in [0.05, 0.1) is 0 Å². The van der Waals surface area contributed by atoms with Crippen molar-refractivity contribution in [2.24, 2.45) is 5.92 Å². The zero-order chi connectivity index (χ0) is 31.4. The molecule has 5 aromatic carbocycles. The molecular formula is C42H46Cl2Zr-2. The molecular weight excluding hydrogens is 667 g/mol. The van der Waals surface area contributed by atoms with Crippen LogP contribution in [0.1, 0.15) is 84.6 Å². The fourth-order valence-corrected chi connectivity index (χ4v) is 5.80. The van der Waals surface area contributed by atoms with E-state index < -0.39 is 0 Å². The summed E-state index contributed by atoms with van der Waals surface area (Å²) in [7, 11) is 0. The molecule has 0 spiro atoms. The Kier molecular flexibility index (Phi) is 14.1. The van der Waals surface area contributed by atoms with E-state index in [-0.39, 0.29) is 35.6 Å². The van der Waals surface area contributed by atoms with Gasteiger partial charge in [-0.05, 0) is 10.8 Å². The number of hydrogen-bond donors (Lipinski definition) is 0. The van der Waals surface area contributed by atoms with Gasteiger partial charge < -0.3 is 24.8 Å². The van der Waals surface area contributed by atoms with E-state index in [1.165, 1.54) is 82.4 Å². The maximum Gasteiger partial charge on any atom is -1.00 e. The molecule has 0 aliphatic heterocycles. The average Bonchev–Trinajstić information content (AvgIpc) is 3.51. The first-order valence-electron chi connectivity index (χ1n) is 15.4. The Balaban J connectivity index is 0.000000252. The van der Waals surface area contributed by atoms with Gasteiger partial charge in [0.15, 0.2) is 0 Å². The van der Waals surface area contributed by atoms with Gasteiger partial charge in [-0.3, -0.25) is 6.08 Å². The van der Waals surface area contributed by atoms with E-state index in [9.17, 15) is 0 Å². The zero-order valence-corrected chi connectivity index (χ0v) is 32.2. The molecule has 0 amide bonds. The van der Waals surface area contributed by atoms with Gasteiger partial charge in [0.2, 0.25) is 0 Å². The Morgan fingerprint density at radius 3 is 1.49 bits per heavy atom. The van der Waals surface area contributed by atoms with Crippen molar-refractivity contribution in [3.63, 3.8) is 0 Å². The predicted molar refractivity (Wildman–Crippen MR) is 187 cm³/mol. The van der Waals surface area contributed by atoms with Crippen LogP contribution in [0.4, 0.5) is 0 Å². The maximum absolute atomic E-state index is 3.39. The van der Waals surface area contributed by atoms with Crippen molar-refractivity contribution >= 4 is 30.3 Å². The minimum atomic E-state index is 0. The second-order valence-electron chi connectivity index (χ2n) is 13.7. The molecule has 234 valence electrons. The number of hydrogen-bond acceptors (Lipinski definition) is 0. The summed E-state index contributed by atoms with van der Waals surface area (Å²) in [5, 5.41) is 5.49. The summed E-state index contributed by atoms with van der Waals surface area (Å²) >= 11 is 1.51. The van der Waals surface area contributed by atoms with Crippen LogP contribution in [-0.2, 0) is 35.1 Å². The molecule has 3 heteroatoms. The van der Waals surface area contributed by atoms with E-state index in [1.54, 1.807) is 0 Å². The molecule has 6 rings (SSSR count). The van der Waals surface area contributed by atoms with Crippen LogP contribution in [0, 0.1) is 12.0 Å². The molecule has 1 aliphatic carbocycles. The van der Waals surface area contributed by atoms with E-state index >= 15 is 0 Å². The second-order valence-corrected chi connectivity index (χ2v) is 15.6. The molecule has 45 heavy (non-hydrogen) atoms. The SMILES string of the molecule is CC(C)(C)c1ccc2[cH-]c3ccc(C(C)(C)C)cc3c2c1.CC1=[C-]C(C)C=C1c1ccccc1.C[C](=[Zr+2])c1ccccc1.[Cl-].[Cl-]. The molecule has 0 radical (unpaired) electrons. The normalized spacial score (nSPS) is 14.2. The molecule has 5 aromatic rings. The predicted octanol–water partition coefficient (Wildman–Crippen LogP) is 5.56. The van der Waals surface area contributed by atoms with E-state index in [4.69, 9.17) is 0 Å². The monoisotopic (exact) mass is 710 g/mol. The van der Waals surface area contributed by atoms with Gasteiger partial charge in [-0.1, -0.05) is 127 Å². The first-order chi connectivity index (χ1) is 20.2. The number of rotatable bonds is 2. The van der Waals surface area contributed by atoms with Gasteiger partial charge >= 0.3 is 70.3 Å². The Morgan fingerprint density at radius 1 is 0.689 bits per heavy atom. The van der Waals surface area contributed by atoms with Gasteiger partial charge in [-0.15, -0.1) is 45.3 Å². The first-order valence-corrected chi connectivity index (χ1v) is 16.6. The van der Waals surface area contributed by atoms with Gasteiger partial charge in [0.25, 0.3) is 0 Å². The van der Waals surface area contributed by atoms with E-state index in [0.717, 1.165) is 0 Å². The summed E-state index contributed by atoms with van der Waals surface area (Å²) in [5.74, 6) is 0.468. The number of benzene rings is 4. The van der Waals surface area contributed by atoms with Crippen molar-refractivity contribution in [3.8, 4) is 0 Å². The summed E-state index contributed by atoms with van der Waals surface area (Å²) in [4.78, 5) is 0. The van der Waals surface area contributed by atoms with Gasteiger partial charge in [0.1, 0.15) is 0 Å². The fraction of sp³-hybridized carbons (Fsp3) is 0.286. The quantitative estimate of drug-likeness (QED) is 0.211. The van der Waals surface area contributed by atoms with Crippen LogP contribution in [0.2, 0.25) is 0 Å². The molecule has 0 fully saturated rings. The van der Waals surface area contributed by atoms with Crippen LogP contribution in [0.15, 0.2) is 115 Å². The Morgan fingerprint density at radius 2 is 1.13 bits per heavy atom.